The highest BCUT2D eigenvalue weighted by Gasteiger charge is 2.26. The zero-order valence-electron chi connectivity index (χ0n) is 11.7. The Kier molecular flexibility index (Phi) is 5.57. The Morgan fingerprint density at radius 1 is 1.32 bits per heavy atom. The number of sulfonamides is 1. The van der Waals surface area contributed by atoms with Crippen LogP contribution in [0, 0.1) is 0 Å². The van der Waals surface area contributed by atoms with Gasteiger partial charge in [0.2, 0.25) is 10.0 Å². The van der Waals surface area contributed by atoms with Crippen LogP contribution in [0.4, 0.5) is 0 Å². The molecule has 2 rings (SSSR count). The lowest BCUT2D eigenvalue weighted by Gasteiger charge is -2.17. The molecule has 1 aromatic carbocycles. The number of carbonyl (C=O) groups excluding carboxylic acids is 1. The molecule has 0 saturated carbocycles. The van der Waals surface area contributed by atoms with Gasteiger partial charge >= 0.3 is 5.97 Å². The number of halogens is 1. The number of nitrogens with one attached hydrogen (secondary N) is 1. The maximum atomic E-state index is 12.5. The molecule has 22 heavy (non-hydrogen) atoms. The molecule has 0 fully saturated rings. The van der Waals surface area contributed by atoms with Gasteiger partial charge in [-0.05, 0) is 23.6 Å². The van der Waals surface area contributed by atoms with Crippen LogP contribution in [-0.4, -0.2) is 21.5 Å². The van der Waals surface area contributed by atoms with Gasteiger partial charge in [-0.1, -0.05) is 29.8 Å². The molecule has 0 aliphatic heterocycles. The van der Waals surface area contributed by atoms with E-state index in [-0.39, 0.29) is 16.3 Å². The van der Waals surface area contributed by atoms with Gasteiger partial charge in [0.15, 0.2) is 0 Å². The van der Waals surface area contributed by atoms with Gasteiger partial charge in [0.1, 0.15) is 4.90 Å². The SMILES string of the molecule is COC(=O)CC(NS(=O)(=O)c1ccccc1Cl)c1cccs1. The third-order valence-electron chi connectivity index (χ3n) is 2.91. The summed E-state index contributed by atoms with van der Waals surface area (Å²) in [6.45, 7) is 0. The lowest BCUT2D eigenvalue weighted by Crippen LogP contribution is -2.30. The third kappa shape index (κ3) is 4.07. The Balaban J connectivity index is 2.30. The van der Waals surface area contributed by atoms with Crippen molar-refractivity contribution in [1.29, 1.82) is 0 Å². The fourth-order valence-electron chi connectivity index (χ4n) is 1.85. The van der Waals surface area contributed by atoms with E-state index < -0.39 is 22.0 Å². The Hall–Kier alpha value is -1.41. The second kappa shape index (κ2) is 7.23. The predicted molar refractivity (Wildman–Crippen MR) is 85.5 cm³/mol. The smallest absolute Gasteiger partial charge is 0.307 e. The summed E-state index contributed by atoms with van der Waals surface area (Å²) in [6, 6.07) is 8.98. The van der Waals surface area contributed by atoms with Crippen molar-refractivity contribution >= 4 is 38.9 Å². The number of hydrogen-bond donors (Lipinski definition) is 1. The third-order valence-corrected chi connectivity index (χ3v) is 5.87. The summed E-state index contributed by atoms with van der Waals surface area (Å²) >= 11 is 7.30. The summed E-state index contributed by atoms with van der Waals surface area (Å²) in [5.74, 6) is -0.500. The van der Waals surface area contributed by atoms with E-state index in [0.29, 0.717) is 0 Å². The minimum absolute atomic E-state index is 0.0249. The number of esters is 1. The van der Waals surface area contributed by atoms with Crippen molar-refractivity contribution in [3.05, 3.63) is 51.7 Å². The fourth-order valence-corrected chi connectivity index (χ4v) is 4.44. The summed E-state index contributed by atoms with van der Waals surface area (Å²) < 4.78 is 32.1. The molecule has 1 aromatic heterocycles. The van der Waals surface area contributed by atoms with E-state index in [0.717, 1.165) is 4.88 Å². The standard InChI is InChI=1S/C14H14ClNO4S2/c1-20-14(17)9-11(12-6-4-8-21-12)16-22(18,19)13-7-3-2-5-10(13)15/h2-8,11,16H,9H2,1H3. The highest BCUT2D eigenvalue weighted by molar-refractivity contribution is 7.89. The van der Waals surface area contributed by atoms with E-state index in [1.54, 1.807) is 24.3 Å². The van der Waals surface area contributed by atoms with Gasteiger partial charge in [0.05, 0.1) is 24.6 Å². The molecule has 0 amide bonds. The van der Waals surface area contributed by atoms with Crippen LogP contribution in [-0.2, 0) is 19.6 Å². The highest BCUT2D eigenvalue weighted by atomic mass is 35.5. The Morgan fingerprint density at radius 3 is 2.64 bits per heavy atom. The first-order valence-corrected chi connectivity index (χ1v) is 9.05. The van der Waals surface area contributed by atoms with E-state index >= 15 is 0 Å². The predicted octanol–water partition coefficient (Wildman–Crippen LogP) is 2.98. The monoisotopic (exact) mass is 359 g/mol. The molecule has 1 atom stereocenters. The van der Waals surface area contributed by atoms with Crippen LogP contribution >= 0.6 is 22.9 Å². The van der Waals surface area contributed by atoms with Gasteiger partial charge in [-0.15, -0.1) is 11.3 Å². The van der Waals surface area contributed by atoms with Crippen molar-refractivity contribution < 1.29 is 17.9 Å². The molecule has 8 heteroatoms. The Morgan fingerprint density at radius 2 is 2.05 bits per heavy atom. The van der Waals surface area contributed by atoms with Crippen molar-refractivity contribution in [2.24, 2.45) is 0 Å². The number of methoxy groups -OCH3 is 1. The van der Waals surface area contributed by atoms with E-state index in [9.17, 15) is 13.2 Å². The van der Waals surface area contributed by atoms with Crippen molar-refractivity contribution in [3.63, 3.8) is 0 Å². The van der Waals surface area contributed by atoms with Crippen LogP contribution in [0.5, 0.6) is 0 Å². The number of ether oxygens (including phenoxy) is 1. The average molecular weight is 360 g/mol. The molecular weight excluding hydrogens is 346 g/mol. The number of thiophene rings is 1. The number of rotatable bonds is 6. The lowest BCUT2D eigenvalue weighted by molar-refractivity contribution is -0.141. The van der Waals surface area contributed by atoms with E-state index in [1.807, 2.05) is 5.38 Å². The quantitative estimate of drug-likeness (QED) is 0.805. The maximum Gasteiger partial charge on any atom is 0.307 e. The highest BCUT2D eigenvalue weighted by Crippen LogP contribution is 2.27. The topological polar surface area (TPSA) is 72.5 Å². The zero-order chi connectivity index (χ0) is 16.2. The summed E-state index contributed by atoms with van der Waals surface area (Å²) in [5.41, 5.74) is 0. The molecule has 118 valence electrons. The lowest BCUT2D eigenvalue weighted by atomic mass is 10.2. The van der Waals surface area contributed by atoms with Gasteiger partial charge < -0.3 is 4.74 Å². The maximum absolute atomic E-state index is 12.5. The number of benzene rings is 1. The van der Waals surface area contributed by atoms with Crippen LogP contribution < -0.4 is 4.72 Å². The summed E-state index contributed by atoms with van der Waals surface area (Å²) in [6.07, 6.45) is -0.0965. The molecule has 0 aliphatic rings. The van der Waals surface area contributed by atoms with Gasteiger partial charge in [-0.25, -0.2) is 13.1 Å². The van der Waals surface area contributed by atoms with Crippen molar-refractivity contribution in [1.82, 2.24) is 4.72 Å². The van der Waals surface area contributed by atoms with Gasteiger partial charge in [0.25, 0.3) is 0 Å². The second-order valence-corrected chi connectivity index (χ2v) is 7.47. The largest absolute Gasteiger partial charge is 0.469 e. The first-order valence-electron chi connectivity index (χ1n) is 6.31. The molecule has 0 spiro atoms. The molecule has 1 N–H and O–H groups in total. The molecule has 1 unspecified atom stereocenters. The van der Waals surface area contributed by atoms with Crippen LogP contribution in [0.1, 0.15) is 17.3 Å². The molecule has 0 saturated heterocycles. The first-order chi connectivity index (χ1) is 10.4. The van der Waals surface area contributed by atoms with Gasteiger partial charge in [-0.3, -0.25) is 4.79 Å². The van der Waals surface area contributed by atoms with Crippen molar-refractivity contribution in [2.45, 2.75) is 17.4 Å². The van der Waals surface area contributed by atoms with E-state index in [1.165, 1.54) is 30.6 Å². The Labute approximate surface area is 137 Å². The molecule has 0 aliphatic carbocycles. The molecule has 0 bridgehead atoms. The number of carbonyl (C=O) groups is 1. The van der Waals surface area contributed by atoms with Crippen molar-refractivity contribution in [3.8, 4) is 0 Å². The van der Waals surface area contributed by atoms with Crippen LogP contribution in [0.3, 0.4) is 0 Å². The molecule has 1 heterocycles. The molecule has 5 nitrogen and oxygen atoms in total. The van der Waals surface area contributed by atoms with Crippen LogP contribution in [0.15, 0.2) is 46.7 Å². The fraction of sp³-hybridized carbons (Fsp3) is 0.214. The van der Waals surface area contributed by atoms with Crippen LogP contribution in [0.25, 0.3) is 0 Å². The van der Waals surface area contributed by atoms with Crippen molar-refractivity contribution in [2.75, 3.05) is 7.11 Å². The molecule has 2 aromatic rings. The minimum atomic E-state index is -3.85. The minimum Gasteiger partial charge on any atom is -0.469 e. The average Bonchev–Trinajstić information content (AvgIpc) is 3.00. The normalized spacial score (nSPS) is 12.8. The van der Waals surface area contributed by atoms with Crippen LogP contribution in [0.2, 0.25) is 5.02 Å². The summed E-state index contributed by atoms with van der Waals surface area (Å²) in [4.78, 5) is 12.2. The zero-order valence-corrected chi connectivity index (χ0v) is 14.0. The Bertz CT molecular complexity index is 744. The summed E-state index contributed by atoms with van der Waals surface area (Å²) in [7, 11) is -2.59. The number of hydrogen-bond acceptors (Lipinski definition) is 5. The van der Waals surface area contributed by atoms with E-state index in [2.05, 4.69) is 9.46 Å². The molecular formula is C14H14ClNO4S2. The summed E-state index contributed by atoms with van der Waals surface area (Å²) in [5, 5.41) is 1.93. The van der Waals surface area contributed by atoms with Gasteiger partial charge in [0, 0.05) is 4.88 Å². The van der Waals surface area contributed by atoms with Gasteiger partial charge in [-0.2, -0.15) is 0 Å². The molecule has 0 radical (unpaired) electrons. The first kappa shape index (κ1) is 17.0. The van der Waals surface area contributed by atoms with E-state index in [4.69, 9.17) is 11.6 Å². The second-order valence-electron chi connectivity index (χ2n) is 4.40.